The average Bonchev–Trinajstić information content (AvgIpc) is 2.99. The van der Waals surface area contributed by atoms with Gasteiger partial charge in [-0.2, -0.15) is 15.6 Å². The molecule has 0 aliphatic carbocycles. The lowest BCUT2D eigenvalue weighted by Gasteiger charge is -2.17. The lowest BCUT2D eigenvalue weighted by molar-refractivity contribution is 0.410. The van der Waals surface area contributed by atoms with Gasteiger partial charge in [0.1, 0.15) is 5.75 Å². The second-order valence-electron chi connectivity index (χ2n) is 4.50. The third kappa shape index (κ3) is 3.58. The summed E-state index contributed by atoms with van der Waals surface area (Å²) in [5, 5.41) is 3.86. The molecule has 114 valence electrons. The molecule has 1 aromatic carbocycles. The summed E-state index contributed by atoms with van der Waals surface area (Å²) in [5.41, 5.74) is 1.63. The SMILES string of the molecule is COc1ccc(S(=O)(=O)N(C)Cc2ccsc2)cc1CCl. The fraction of sp³-hybridized carbons (Fsp3) is 0.286. The molecule has 21 heavy (non-hydrogen) atoms. The van der Waals surface area contributed by atoms with Crippen LogP contribution >= 0.6 is 22.9 Å². The number of alkyl halides is 1. The van der Waals surface area contributed by atoms with Crippen molar-refractivity contribution in [2.75, 3.05) is 14.2 Å². The molecule has 7 heteroatoms. The summed E-state index contributed by atoms with van der Waals surface area (Å²) in [4.78, 5) is 0.219. The van der Waals surface area contributed by atoms with E-state index in [1.54, 1.807) is 30.5 Å². The Balaban J connectivity index is 2.30. The van der Waals surface area contributed by atoms with Gasteiger partial charge in [0.25, 0.3) is 0 Å². The molecule has 0 aliphatic heterocycles. The van der Waals surface area contributed by atoms with Crippen molar-refractivity contribution in [3.63, 3.8) is 0 Å². The standard InChI is InChI=1S/C14H16ClNO3S2/c1-16(9-11-5-6-20-10-11)21(17,18)13-3-4-14(19-2)12(7-13)8-15/h3-7,10H,8-9H2,1-2H3. The van der Waals surface area contributed by atoms with Crippen molar-refractivity contribution in [3.8, 4) is 5.75 Å². The molecule has 0 aliphatic rings. The van der Waals surface area contributed by atoms with E-state index >= 15 is 0 Å². The van der Waals surface area contributed by atoms with Gasteiger partial charge in [-0.25, -0.2) is 8.42 Å². The fourth-order valence-corrected chi connectivity index (χ4v) is 4.00. The lowest BCUT2D eigenvalue weighted by atomic mass is 10.2. The molecule has 0 N–H and O–H groups in total. The van der Waals surface area contributed by atoms with Crippen LogP contribution in [0.25, 0.3) is 0 Å². The monoisotopic (exact) mass is 345 g/mol. The van der Waals surface area contributed by atoms with Crippen molar-refractivity contribution < 1.29 is 13.2 Å². The van der Waals surface area contributed by atoms with Gasteiger partial charge in [-0.1, -0.05) is 0 Å². The highest BCUT2D eigenvalue weighted by molar-refractivity contribution is 7.89. The normalized spacial score (nSPS) is 11.8. The number of sulfonamides is 1. The van der Waals surface area contributed by atoms with Gasteiger partial charge < -0.3 is 4.74 Å². The van der Waals surface area contributed by atoms with E-state index in [1.807, 2.05) is 16.8 Å². The Morgan fingerprint density at radius 3 is 2.67 bits per heavy atom. The minimum absolute atomic E-state index is 0.195. The van der Waals surface area contributed by atoms with Crippen LogP contribution in [0, 0.1) is 0 Å². The zero-order chi connectivity index (χ0) is 15.5. The molecule has 0 unspecified atom stereocenters. The molecule has 1 aromatic heterocycles. The molecular formula is C14H16ClNO3S2. The smallest absolute Gasteiger partial charge is 0.243 e. The summed E-state index contributed by atoms with van der Waals surface area (Å²) in [6.45, 7) is 0.341. The second-order valence-corrected chi connectivity index (χ2v) is 7.59. The highest BCUT2D eigenvalue weighted by Crippen LogP contribution is 2.26. The van der Waals surface area contributed by atoms with E-state index < -0.39 is 10.0 Å². The van der Waals surface area contributed by atoms with E-state index in [-0.39, 0.29) is 10.8 Å². The van der Waals surface area contributed by atoms with E-state index in [4.69, 9.17) is 16.3 Å². The maximum Gasteiger partial charge on any atom is 0.243 e. The first-order valence-corrected chi connectivity index (χ1v) is 9.11. The molecule has 2 rings (SSSR count). The van der Waals surface area contributed by atoms with E-state index in [0.29, 0.717) is 17.9 Å². The van der Waals surface area contributed by atoms with Crippen molar-refractivity contribution in [2.45, 2.75) is 17.3 Å². The summed E-state index contributed by atoms with van der Waals surface area (Å²) in [5.74, 6) is 0.783. The van der Waals surface area contributed by atoms with Gasteiger partial charge in [0.05, 0.1) is 17.9 Å². The van der Waals surface area contributed by atoms with Crippen LogP contribution in [-0.2, 0) is 22.4 Å². The van der Waals surface area contributed by atoms with Crippen molar-refractivity contribution in [1.82, 2.24) is 4.31 Å². The van der Waals surface area contributed by atoms with Crippen LogP contribution in [0.4, 0.5) is 0 Å². The largest absolute Gasteiger partial charge is 0.496 e. The first-order valence-electron chi connectivity index (χ1n) is 6.19. The van der Waals surface area contributed by atoms with Gasteiger partial charge in [-0.05, 0) is 40.6 Å². The minimum Gasteiger partial charge on any atom is -0.496 e. The molecule has 0 spiro atoms. The average molecular weight is 346 g/mol. The number of thiophene rings is 1. The minimum atomic E-state index is -3.55. The fourth-order valence-electron chi connectivity index (χ4n) is 1.92. The zero-order valence-electron chi connectivity index (χ0n) is 11.7. The van der Waals surface area contributed by atoms with Gasteiger partial charge in [0, 0.05) is 19.2 Å². The molecule has 4 nitrogen and oxygen atoms in total. The Morgan fingerprint density at radius 2 is 2.10 bits per heavy atom. The molecule has 0 atom stereocenters. The molecule has 0 amide bonds. The van der Waals surface area contributed by atoms with Crippen LogP contribution < -0.4 is 4.74 Å². The Labute approximate surface area is 134 Å². The Bertz CT molecular complexity index is 699. The Hall–Kier alpha value is -1.08. The van der Waals surface area contributed by atoms with E-state index in [2.05, 4.69) is 0 Å². The van der Waals surface area contributed by atoms with Gasteiger partial charge in [0.2, 0.25) is 10.0 Å². The quantitative estimate of drug-likeness (QED) is 0.754. The van der Waals surface area contributed by atoms with Gasteiger partial charge in [-0.3, -0.25) is 0 Å². The Kier molecular flexibility index (Phi) is 5.27. The van der Waals surface area contributed by atoms with Crippen LogP contribution in [0.1, 0.15) is 11.1 Å². The molecular weight excluding hydrogens is 330 g/mol. The summed E-state index contributed by atoms with van der Waals surface area (Å²) in [6.07, 6.45) is 0. The summed E-state index contributed by atoms with van der Waals surface area (Å²) in [6, 6.07) is 6.64. The number of halogens is 1. The van der Waals surface area contributed by atoms with Crippen LogP contribution in [0.3, 0.4) is 0 Å². The first-order chi connectivity index (χ1) is 9.98. The number of ether oxygens (including phenoxy) is 1. The molecule has 0 saturated carbocycles. The topological polar surface area (TPSA) is 46.6 Å². The van der Waals surface area contributed by atoms with Crippen LogP contribution in [0.15, 0.2) is 39.9 Å². The molecule has 1 heterocycles. The third-order valence-corrected chi connectivity index (χ3v) is 5.91. The highest BCUT2D eigenvalue weighted by atomic mass is 35.5. The van der Waals surface area contributed by atoms with Crippen molar-refractivity contribution in [2.24, 2.45) is 0 Å². The summed E-state index contributed by atoms with van der Waals surface area (Å²) >= 11 is 7.38. The number of hydrogen-bond donors (Lipinski definition) is 0. The van der Waals surface area contributed by atoms with E-state index in [1.165, 1.54) is 17.5 Å². The lowest BCUT2D eigenvalue weighted by Crippen LogP contribution is -2.26. The number of hydrogen-bond acceptors (Lipinski definition) is 4. The van der Waals surface area contributed by atoms with Crippen molar-refractivity contribution >= 4 is 33.0 Å². The van der Waals surface area contributed by atoms with Crippen molar-refractivity contribution in [3.05, 3.63) is 46.2 Å². The molecule has 0 fully saturated rings. The van der Waals surface area contributed by atoms with E-state index in [9.17, 15) is 8.42 Å². The second kappa shape index (κ2) is 6.79. The Morgan fingerprint density at radius 1 is 1.33 bits per heavy atom. The number of benzene rings is 1. The predicted octanol–water partition coefficient (Wildman–Crippen LogP) is 3.32. The van der Waals surface area contributed by atoms with E-state index in [0.717, 1.165) is 5.56 Å². The van der Waals surface area contributed by atoms with Gasteiger partial charge in [0.15, 0.2) is 0 Å². The van der Waals surface area contributed by atoms with Gasteiger partial charge >= 0.3 is 0 Å². The van der Waals surface area contributed by atoms with Gasteiger partial charge in [-0.15, -0.1) is 11.6 Å². The number of rotatable bonds is 6. The number of methoxy groups -OCH3 is 1. The van der Waals surface area contributed by atoms with Crippen molar-refractivity contribution in [1.29, 1.82) is 0 Å². The molecule has 0 saturated heterocycles. The summed E-state index contributed by atoms with van der Waals surface area (Å²) in [7, 11) is -0.452. The molecule has 2 aromatic rings. The molecule has 0 radical (unpaired) electrons. The first kappa shape index (κ1) is 16.3. The molecule has 0 bridgehead atoms. The predicted molar refractivity (Wildman–Crippen MR) is 85.5 cm³/mol. The highest BCUT2D eigenvalue weighted by Gasteiger charge is 2.22. The maximum atomic E-state index is 12.6. The van der Waals surface area contributed by atoms with Crippen LogP contribution in [0.2, 0.25) is 0 Å². The summed E-state index contributed by atoms with van der Waals surface area (Å²) < 4.78 is 31.6. The van der Waals surface area contributed by atoms with Crippen LogP contribution in [0.5, 0.6) is 5.75 Å². The third-order valence-electron chi connectivity index (χ3n) is 3.09. The number of nitrogens with zero attached hydrogens (tertiary/aromatic N) is 1. The maximum absolute atomic E-state index is 12.6. The zero-order valence-corrected chi connectivity index (χ0v) is 14.1. The van der Waals surface area contributed by atoms with Crippen LogP contribution in [-0.4, -0.2) is 26.9 Å².